The van der Waals surface area contributed by atoms with E-state index in [0.717, 1.165) is 30.5 Å². The Morgan fingerprint density at radius 2 is 1.75 bits per heavy atom. The number of benzene rings is 1. The molecule has 110 valence electrons. The molecule has 20 heavy (non-hydrogen) atoms. The van der Waals surface area contributed by atoms with Crippen LogP contribution in [0.4, 0.5) is 5.69 Å². The van der Waals surface area contributed by atoms with Crippen molar-refractivity contribution in [2.24, 2.45) is 0 Å². The molecule has 0 aliphatic heterocycles. The van der Waals surface area contributed by atoms with E-state index in [-0.39, 0.29) is 18.9 Å². The van der Waals surface area contributed by atoms with Crippen LogP contribution in [0.1, 0.15) is 44.6 Å². The highest BCUT2D eigenvalue weighted by Gasteiger charge is 2.16. The average molecular weight is 277 g/mol. The summed E-state index contributed by atoms with van der Waals surface area (Å²) in [6, 6.07) is 7.61. The predicted molar refractivity (Wildman–Crippen MR) is 79.9 cm³/mol. The van der Waals surface area contributed by atoms with Gasteiger partial charge < -0.3 is 10.0 Å². The van der Waals surface area contributed by atoms with Gasteiger partial charge in [0.05, 0.1) is 6.42 Å². The van der Waals surface area contributed by atoms with Crippen molar-refractivity contribution < 1.29 is 14.7 Å². The normalized spacial score (nSPS) is 10.3. The molecule has 0 aliphatic rings. The van der Waals surface area contributed by atoms with E-state index in [0.29, 0.717) is 6.42 Å². The van der Waals surface area contributed by atoms with Crippen molar-refractivity contribution in [2.45, 2.75) is 46.0 Å². The van der Waals surface area contributed by atoms with Crippen LogP contribution in [0.2, 0.25) is 0 Å². The van der Waals surface area contributed by atoms with Crippen molar-refractivity contribution in [2.75, 3.05) is 11.4 Å². The van der Waals surface area contributed by atoms with Gasteiger partial charge in [0.15, 0.2) is 0 Å². The lowest BCUT2D eigenvalue weighted by Crippen LogP contribution is -2.32. The summed E-state index contributed by atoms with van der Waals surface area (Å²) in [6.45, 7) is 4.30. The lowest BCUT2D eigenvalue weighted by Gasteiger charge is -2.22. The van der Waals surface area contributed by atoms with E-state index in [4.69, 9.17) is 5.11 Å². The van der Waals surface area contributed by atoms with Crippen molar-refractivity contribution in [3.63, 3.8) is 0 Å². The zero-order chi connectivity index (χ0) is 15.0. The van der Waals surface area contributed by atoms with Gasteiger partial charge in [-0.05, 0) is 25.5 Å². The molecule has 1 aromatic carbocycles. The molecule has 0 atom stereocenters. The number of carbonyl (C=O) groups is 2. The lowest BCUT2D eigenvalue weighted by atomic mass is 10.1. The third-order valence-corrected chi connectivity index (χ3v) is 3.19. The number of carboxylic acid groups (broad SMARTS) is 1. The van der Waals surface area contributed by atoms with E-state index in [9.17, 15) is 9.59 Å². The third-order valence-electron chi connectivity index (χ3n) is 3.19. The number of unbranched alkanes of at least 4 members (excludes halogenated alkanes) is 2. The van der Waals surface area contributed by atoms with E-state index >= 15 is 0 Å². The second kappa shape index (κ2) is 8.35. The smallest absolute Gasteiger partial charge is 0.305 e. The van der Waals surface area contributed by atoms with Crippen LogP contribution in [0.5, 0.6) is 0 Å². The van der Waals surface area contributed by atoms with E-state index in [2.05, 4.69) is 6.92 Å². The topological polar surface area (TPSA) is 57.6 Å². The maximum absolute atomic E-state index is 12.2. The van der Waals surface area contributed by atoms with Crippen LogP contribution in [-0.2, 0) is 9.59 Å². The fourth-order valence-corrected chi connectivity index (χ4v) is 1.99. The first-order valence-corrected chi connectivity index (χ1v) is 7.13. The van der Waals surface area contributed by atoms with Crippen molar-refractivity contribution in [3.8, 4) is 0 Å². The van der Waals surface area contributed by atoms with Gasteiger partial charge in [0.2, 0.25) is 5.91 Å². The Morgan fingerprint density at radius 3 is 2.30 bits per heavy atom. The first-order valence-electron chi connectivity index (χ1n) is 7.13. The van der Waals surface area contributed by atoms with Crippen molar-refractivity contribution in [1.29, 1.82) is 0 Å². The Balaban J connectivity index is 2.75. The molecule has 1 aromatic rings. The number of carboxylic acids is 1. The summed E-state index contributed by atoms with van der Waals surface area (Å²) >= 11 is 0. The summed E-state index contributed by atoms with van der Waals surface area (Å²) in [7, 11) is 0. The van der Waals surface area contributed by atoms with Gasteiger partial charge in [-0.15, -0.1) is 0 Å². The van der Waals surface area contributed by atoms with Crippen molar-refractivity contribution in [3.05, 3.63) is 29.8 Å². The van der Waals surface area contributed by atoms with Crippen LogP contribution >= 0.6 is 0 Å². The van der Waals surface area contributed by atoms with Gasteiger partial charge in [-0.3, -0.25) is 9.59 Å². The number of aryl methyl sites for hydroxylation is 1. The zero-order valence-electron chi connectivity index (χ0n) is 12.3. The van der Waals surface area contributed by atoms with Gasteiger partial charge in [0.1, 0.15) is 0 Å². The van der Waals surface area contributed by atoms with Crippen molar-refractivity contribution >= 4 is 17.6 Å². The Hall–Kier alpha value is -1.84. The molecule has 0 spiro atoms. The molecule has 0 bridgehead atoms. The highest BCUT2D eigenvalue weighted by molar-refractivity contribution is 5.93. The van der Waals surface area contributed by atoms with Crippen molar-refractivity contribution in [1.82, 2.24) is 0 Å². The molecular formula is C16H23NO3. The van der Waals surface area contributed by atoms with Gasteiger partial charge in [0, 0.05) is 18.7 Å². The summed E-state index contributed by atoms with van der Waals surface area (Å²) in [5.74, 6) is -0.882. The number of hydrogen-bond donors (Lipinski definition) is 1. The standard InChI is InChI=1S/C16H23NO3/c1-3-4-5-6-15(18)17(12-11-16(19)20)14-9-7-13(2)8-10-14/h7-10H,3-6,11-12H2,1-2H3,(H,19,20). The van der Waals surface area contributed by atoms with Gasteiger partial charge in [-0.2, -0.15) is 0 Å². The summed E-state index contributed by atoms with van der Waals surface area (Å²) < 4.78 is 0. The number of nitrogens with zero attached hydrogens (tertiary/aromatic N) is 1. The summed E-state index contributed by atoms with van der Waals surface area (Å²) in [5, 5.41) is 8.81. The minimum absolute atomic E-state index is 0.00329. The van der Waals surface area contributed by atoms with Gasteiger partial charge in [-0.25, -0.2) is 0 Å². The zero-order valence-corrected chi connectivity index (χ0v) is 12.3. The molecule has 4 nitrogen and oxygen atoms in total. The molecule has 1 rings (SSSR count). The van der Waals surface area contributed by atoms with Crippen LogP contribution in [0, 0.1) is 6.92 Å². The Morgan fingerprint density at radius 1 is 1.10 bits per heavy atom. The maximum atomic E-state index is 12.2. The largest absolute Gasteiger partial charge is 0.481 e. The molecular weight excluding hydrogens is 254 g/mol. The monoisotopic (exact) mass is 277 g/mol. The minimum Gasteiger partial charge on any atom is -0.481 e. The van der Waals surface area contributed by atoms with Crippen LogP contribution in [0.15, 0.2) is 24.3 Å². The highest BCUT2D eigenvalue weighted by Crippen LogP contribution is 2.17. The Bertz CT molecular complexity index is 440. The molecule has 0 saturated carbocycles. The lowest BCUT2D eigenvalue weighted by molar-refractivity contribution is -0.136. The number of rotatable bonds is 8. The first kappa shape index (κ1) is 16.2. The molecule has 0 radical (unpaired) electrons. The molecule has 0 fully saturated rings. The van der Waals surface area contributed by atoms with Gasteiger partial charge >= 0.3 is 5.97 Å². The molecule has 4 heteroatoms. The van der Waals surface area contributed by atoms with E-state index in [1.54, 1.807) is 4.90 Å². The van der Waals surface area contributed by atoms with E-state index < -0.39 is 5.97 Å². The molecule has 0 heterocycles. The van der Waals surface area contributed by atoms with Gasteiger partial charge in [0.25, 0.3) is 0 Å². The van der Waals surface area contributed by atoms with Crippen LogP contribution in [-0.4, -0.2) is 23.5 Å². The van der Waals surface area contributed by atoms with Crippen LogP contribution < -0.4 is 4.90 Å². The first-order chi connectivity index (χ1) is 9.54. The number of amides is 1. The molecule has 0 aromatic heterocycles. The highest BCUT2D eigenvalue weighted by atomic mass is 16.4. The number of aliphatic carboxylic acids is 1. The number of hydrogen-bond acceptors (Lipinski definition) is 2. The van der Waals surface area contributed by atoms with Crippen LogP contribution in [0.3, 0.4) is 0 Å². The average Bonchev–Trinajstić information content (AvgIpc) is 2.41. The third kappa shape index (κ3) is 5.43. The molecule has 0 unspecified atom stereocenters. The fraction of sp³-hybridized carbons (Fsp3) is 0.500. The summed E-state index contributed by atoms with van der Waals surface area (Å²) in [4.78, 5) is 24.6. The van der Waals surface area contributed by atoms with E-state index in [1.807, 2.05) is 31.2 Å². The van der Waals surface area contributed by atoms with Gasteiger partial charge in [-0.1, -0.05) is 37.5 Å². The summed E-state index contributed by atoms with van der Waals surface area (Å²) in [5.41, 5.74) is 1.89. The van der Waals surface area contributed by atoms with E-state index in [1.165, 1.54) is 0 Å². The number of anilines is 1. The second-order valence-electron chi connectivity index (χ2n) is 4.98. The maximum Gasteiger partial charge on any atom is 0.305 e. The Labute approximate surface area is 120 Å². The summed E-state index contributed by atoms with van der Waals surface area (Å²) in [6.07, 6.45) is 3.37. The molecule has 0 aliphatic carbocycles. The van der Waals surface area contributed by atoms with Crippen LogP contribution in [0.25, 0.3) is 0 Å². The quantitative estimate of drug-likeness (QED) is 0.741. The fourth-order valence-electron chi connectivity index (χ4n) is 1.99. The number of carbonyl (C=O) groups excluding carboxylic acids is 1. The molecule has 0 saturated heterocycles. The second-order valence-corrected chi connectivity index (χ2v) is 4.98. The predicted octanol–water partition coefficient (Wildman–Crippen LogP) is 3.38. The SMILES string of the molecule is CCCCCC(=O)N(CCC(=O)O)c1ccc(C)cc1. The molecule has 1 N–H and O–H groups in total. The minimum atomic E-state index is -0.886. The molecule has 1 amide bonds. The Kier molecular flexibility index (Phi) is 6.77.